The number of rotatable bonds is 4. The van der Waals surface area contributed by atoms with Crippen molar-refractivity contribution in [1.82, 2.24) is 29.0 Å². The highest BCUT2D eigenvalue weighted by atomic mass is 19.3. The van der Waals surface area contributed by atoms with Gasteiger partial charge in [0, 0.05) is 24.6 Å². The number of fused-ring (bicyclic) bond motifs is 2. The van der Waals surface area contributed by atoms with E-state index in [-0.39, 0.29) is 46.9 Å². The lowest BCUT2D eigenvalue weighted by atomic mass is 9.92. The van der Waals surface area contributed by atoms with Crippen LogP contribution in [-0.2, 0) is 6.54 Å². The number of hydrogen-bond acceptors (Lipinski definition) is 5. The average Bonchev–Trinajstić information content (AvgIpc) is 3.44. The van der Waals surface area contributed by atoms with Crippen LogP contribution < -0.4 is 5.73 Å². The van der Waals surface area contributed by atoms with Gasteiger partial charge in [0.1, 0.15) is 11.3 Å². The van der Waals surface area contributed by atoms with E-state index in [2.05, 4.69) is 42.8 Å². The molecule has 1 saturated heterocycles. The summed E-state index contributed by atoms with van der Waals surface area (Å²) >= 11 is 0. The van der Waals surface area contributed by atoms with E-state index in [0.29, 0.717) is 29.2 Å². The minimum Gasteiger partial charge on any atom is -0.367 e. The van der Waals surface area contributed by atoms with E-state index in [1.807, 2.05) is 4.90 Å². The molecule has 0 unspecified atom stereocenters. The number of hydrogen-bond donors (Lipinski definition) is 1. The first-order valence-electron chi connectivity index (χ1n) is 14.3. The van der Waals surface area contributed by atoms with E-state index in [1.54, 1.807) is 6.92 Å². The van der Waals surface area contributed by atoms with Crippen LogP contribution in [0.1, 0.15) is 64.9 Å². The molecule has 7 nitrogen and oxygen atoms in total. The maximum atomic E-state index is 14.7. The minimum absolute atomic E-state index is 0.0116. The number of aryl methyl sites for hydroxylation is 2. The summed E-state index contributed by atoms with van der Waals surface area (Å²) in [5, 5.41) is 3.92. The fourth-order valence-electron chi connectivity index (χ4n) is 5.16. The number of imidazole rings is 1. The Morgan fingerprint density at radius 3 is 2.23 bits per heavy atom. The van der Waals surface area contributed by atoms with Crippen molar-refractivity contribution in [2.75, 3.05) is 18.8 Å². The molecular weight excluding hydrogens is 572 g/mol. The summed E-state index contributed by atoms with van der Waals surface area (Å²) in [6, 6.07) is 3.05. The Labute approximate surface area is 247 Å². The zero-order chi connectivity index (χ0) is 31.9. The standard InChI is InChI=1S/C17H14F4N6.C8H13F2N.C5H12/c1-7-16-14(11(19)5-27(16)25-17(22)23-7)9-3-10(18)15-12(4-9)26(6-13(20)21)8(2)24-15;9-8(10)4-5-11(6-8)7-2-1-3-7;1-5(2,3)4/h3-5,13H,6H2,1-2H3,(H2,22,25);7H,1-6H2;1-4H3. The van der Waals surface area contributed by atoms with Crippen molar-refractivity contribution in [2.24, 2.45) is 5.41 Å². The van der Waals surface area contributed by atoms with Crippen LogP contribution in [0.15, 0.2) is 18.3 Å². The zero-order valence-corrected chi connectivity index (χ0v) is 25.4. The van der Waals surface area contributed by atoms with E-state index in [4.69, 9.17) is 5.73 Å². The lowest BCUT2D eigenvalue weighted by molar-refractivity contribution is 0.00252. The van der Waals surface area contributed by atoms with Crippen LogP contribution in [-0.4, -0.2) is 60.5 Å². The van der Waals surface area contributed by atoms with E-state index in [1.165, 1.54) is 28.5 Å². The van der Waals surface area contributed by atoms with Gasteiger partial charge in [-0.1, -0.05) is 34.1 Å². The quantitative estimate of drug-likeness (QED) is 0.243. The summed E-state index contributed by atoms with van der Waals surface area (Å²) in [6.45, 7) is 11.9. The number of halogens is 6. The zero-order valence-electron chi connectivity index (χ0n) is 25.4. The maximum absolute atomic E-state index is 14.7. The fourth-order valence-corrected chi connectivity index (χ4v) is 5.16. The first-order valence-corrected chi connectivity index (χ1v) is 14.3. The van der Waals surface area contributed by atoms with Crippen LogP contribution in [0.2, 0.25) is 0 Å². The fraction of sp³-hybridized carbons (Fsp3) is 0.567. The van der Waals surface area contributed by atoms with Crippen LogP contribution in [0.5, 0.6) is 0 Å². The van der Waals surface area contributed by atoms with Crippen LogP contribution in [0.25, 0.3) is 27.7 Å². The summed E-state index contributed by atoms with van der Waals surface area (Å²) in [7, 11) is 0. The van der Waals surface area contributed by atoms with Gasteiger partial charge in [-0.15, -0.1) is 5.10 Å². The van der Waals surface area contributed by atoms with Gasteiger partial charge >= 0.3 is 0 Å². The van der Waals surface area contributed by atoms with Crippen LogP contribution in [0.4, 0.5) is 32.3 Å². The van der Waals surface area contributed by atoms with Crippen molar-refractivity contribution in [3.8, 4) is 11.1 Å². The van der Waals surface area contributed by atoms with Gasteiger partial charge in [0.15, 0.2) is 11.6 Å². The van der Waals surface area contributed by atoms with Crippen LogP contribution in [0.3, 0.4) is 0 Å². The second-order valence-electron chi connectivity index (χ2n) is 12.8. The molecular formula is C30H39F6N7. The topological polar surface area (TPSA) is 77.3 Å². The van der Waals surface area contributed by atoms with Crippen molar-refractivity contribution in [2.45, 2.75) is 92.2 Å². The van der Waals surface area contributed by atoms with Gasteiger partial charge in [-0.2, -0.15) is 0 Å². The second kappa shape index (κ2) is 12.3. The smallest absolute Gasteiger partial charge is 0.261 e. The molecule has 0 atom stereocenters. The minimum atomic E-state index is -2.64. The number of benzene rings is 1. The van der Waals surface area contributed by atoms with Crippen LogP contribution >= 0.6 is 0 Å². The molecule has 0 spiro atoms. The molecule has 1 aliphatic carbocycles. The largest absolute Gasteiger partial charge is 0.367 e. The maximum Gasteiger partial charge on any atom is 0.261 e. The van der Waals surface area contributed by atoms with Crippen molar-refractivity contribution in [3.63, 3.8) is 0 Å². The summed E-state index contributed by atoms with van der Waals surface area (Å²) in [4.78, 5) is 9.98. The number of nitrogens with zero attached hydrogens (tertiary/aromatic N) is 6. The first-order chi connectivity index (χ1) is 19.9. The number of nitrogen functional groups attached to an aromatic ring is 1. The van der Waals surface area contributed by atoms with Gasteiger partial charge in [0.2, 0.25) is 5.95 Å². The van der Waals surface area contributed by atoms with Gasteiger partial charge in [-0.3, -0.25) is 4.90 Å². The molecule has 13 heteroatoms. The summed E-state index contributed by atoms with van der Waals surface area (Å²) in [5.41, 5.74) is 7.16. The van der Waals surface area contributed by atoms with Crippen LogP contribution in [0, 0.1) is 30.9 Å². The monoisotopic (exact) mass is 611 g/mol. The first kappa shape index (κ1) is 32.6. The predicted octanol–water partition coefficient (Wildman–Crippen LogP) is 7.42. The SMILES string of the molecule is CC(C)(C)C.Cc1nc(N)nn2cc(F)c(-c3cc(F)c4nc(C)n(CC(F)F)c4c3)c12.FC1(F)CCN(C2CCC2)C1. The number of likely N-dealkylation sites (tertiary alicyclic amines) is 1. The third-order valence-corrected chi connectivity index (χ3v) is 7.17. The third-order valence-electron chi connectivity index (χ3n) is 7.17. The Balaban J connectivity index is 0.000000217. The molecule has 0 radical (unpaired) electrons. The van der Waals surface area contributed by atoms with Gasteiger partial charge in [-0.25, -0.2) is 40.8 Å². The molecule has 6 rings (SSSR count). The Hall–Kier alpha value is -3.35. The number of alkyl halides is 4. The van der Waals surface area contributed by atoms with E-state index >= 15 is 0 Å². The summed E-state index contributed by atoms with van der Waals surface area (Å²) in [6.07, 6.45) is 2.04. The normalized spacial score (nSPS) is 17.1. The Morgan fingerprint density at radius 1 is 1.05 bits per heavy atom. The molecule has 236 valence electrons. The number of nitrogens with two attached hydrogens (primary N) is 1. The van der Waals surface area contributed by atoms with E-state index < -0.39 is 30.5 Å². The average molecular weight is 612 g/mol. The van der Waals surface area contributed by atoms with Crippen molar-refractivity contribution in [3.05, 3.63) is 41.5 Å². The van der Waals surface area contributed by atoms with Gasteiger partial charge in [-0.05, 0) is 49.8 Å². The molecule has 0 amide bonds. The lowest BCUT2D eigenvalue weighted by Crippen LogP contribution is -2.39. The highest BCUT2D eigenvalue weighted by molar-refractivity contribution is 5.89. The van der Waals surface area contributed by atoms with Gasteiger partial charge in [0.05, 0.1) is 36.0 Å². The molecule has 1 saturated carbocycles. The highest BCUT2D eigenvalue weighted by Crippen LogP contribution is 2.35. The molecule has 3 aromatic heterocycles. The third kappa shape index (κ3) is 7.79. The molecule has 2 aliphatic rings. The Bertz CT molecular complexity index is 1580. The summed E-state index contributed by atoms with van der Waals surface area (Å²) in [5.74, 6) is -3.57. The second-order valence-corrected chi connectivity index (χ2v) is 12.8. The number of aromatic nitrogens is 5. The number of anilines is 1. The molecule has 1 aliphatic heterocycles. The molecule has 0 bridgehead atoms. The molecule has 2 N–H and O–H groups in total. The molecule has 4 aromatic rings. The van der Waals surface area contributed by atoms with Gasteiger partial charge < -0.3 is 10.3 Å². The molecule has 43 heavy (non-hydrogen) atoms. The van der Waals surface area contributed by atoms with Crippen molar-refractivity contribution in [1.29, 1.82) is 0 Å². The van der Waals surface area contributed by atoms with Crippen molar-refractivity contribution < 1.29 is 26.3 Å². The van der Waals surface area contributed by atoms with E-state index in [9.17, 15) is 26.3 Å². The predicted molar refractivity (Wildman–Crippen MR) is 155 cm³/mol. The van der Waals surface area contributed by atoms with E-state index in [0.717, 1.165) is 25.1 Å². The van der Waals surface area contributed by atoms with Crippen molar-refractivity contribution >= 4 is 22.5 Å². The molecule has 2 fully saturated rings. The molecule has 4 heterocycles. The Kier molecular flexibility index (Phi) is 9.34. The lowest BCUT2D eigenvalue weighted by Gasteiger charge is -2.34. The Morgan fingerprint density at radius 2 is 1.70 bits per heavy atom. The highest BCUT2D eigenvalue weighted by Gasteiger charge is 2.41. The van der Waals surface area contributed by atoms with Gasteiger partial charge in [0.25, 0.3) is 12.3 Å². The molecule has 1 aromatic carbocycles. The summed E-state index contributed by atoms with van der Waals surface area (Å²) < 4.78 is 82.9.